The SMILES string of the molecule is O=C1O[C@@]2(Cl)[C@@H]3C=C[C@@H](O3)[C@@]2(Cl)O1. The lowest BCUT2D eigenvalue weighted by Crippen LogP contribution is -2.49. The molecule has 2 saturated heterocycles. The standard InChI is InChI=1S/C7H4Cl2O4/c8-6-3-1-2-4(11-3)7(6,9)13-5(10)12-6/h1-4H/t3-,4+,6-,7+. The maximum atomic E-state index is 10.9. The van der Waals surface area contributed by atoms with E-state index < -0.39 is 28.5 Å². The predicted molar refractivity (Wildman–Crippen MR) is 42.5 cm³/mol. The summed E-state index contributed by atoms with van der Waals surface area (Å²) in [6, 6.07) is 0. The number of carbonyl (C=O) groups is 1. The van der Waals surface area contributed by atoms with Gasteiger partial charge in [-0.15, -0.1) is 0 Å². The van der Waals surface area contributed by atoms with E-state index in [2.05, 4.69) is 0 Å². The number of ether oxygens (including phenoxy) is 3. The van der Waals surface area contributed by atoms with Crippen LogP contribution in [0.5, 0.6) is 0 Å². The molecule has 0 aliphatic carbocycles. The number of fused-ring (bicyclic) bond motifs is 5. The van der Waals surface area contributed by atoms with Crippen molar-refractivity contribution in [2.75, 3.05) is 0 Å². The molecule has 0 aromatic rings. The molecule has 70 valence electrons. The Balaban J connectivity index is 2.15. The molecule has 2 bridgehead atoms. The van der Waals surface area contributed by atoms with Gasteiger partial charge in [-0.3, -0.25) is 0 Å². The van der Waals surface area contributed by atoms with Crippen LogP contribution < -0.4 is 0 Å². The van der Waals surface area contributed by atoms with Crippen LogP contribution in [0.1, 0.15) is 0 Å². The quantitative estimate of drug-likeness (QED) is 0.353. The minimum atomic E-state index is -1.41. The van der Waals surface area contributed by atoms with E-state index in [1.807, 2.05) is 0 Å². The summed E-state index contributed by atoms with van der Waals surface area (Å²) in [5.74, 6) is 0. The molecule has 3 aliphatic heterocycles. The zero-order valence-electron chi connectivity index (χ0n) is 6.20. The molecular weight excluding hydrogens is 219 g/mol. The van der Waals surface area contributed by atoms with Gasteiger partial charge in [0.05, 0.1) is 0 Å². The first-order valence-corrected chi connectivity index (χ1v) is 4.45. The maximum Gasteiger partial charge on any atom is 0.512 e. The fourth-order valence-corrected chi connectivity index (χ4v) is 2.45. The Labute approximate surface area is 83.3 Å². The van der Waals surface area contributed by atoms with Gasteiger partial charge in [-0.2, -0.15) is 0 Å². The lowest BCUT2D eigenvalue weighted by molar-refractivity contribution is 0.0151. The second kappa shape index (κ2) is 1.97. The molecule has 0 saturated carbocycles. The highest BCUT2D eigenvalue weighted by atomic mass is 35.5. The molecule has 0 radical (unpaired) electrons. The van der Waals surface area contributed by atoms with E-state index in [1.54, 1.807) is 12.2 Å². The summed E-state index contributed by atoms with van der Waals surface area (Å²) >= 11 is 12.0. The van der Waals surface area contributed by atoms with Crippen LogP contribution in [0.25, 0.3) is 0 Å². The van der Waals surface area contributed by atoms with Crippen molar-refractivity contribution < 1.29 is 19.0 Å². The van der Waals surface area contributed by atoms with Crippen molar-refractivity contribution in [2.45, 2.75) is 22.3 Å². The molecule has 3 aliphatic rings. The molecule has 4 atom stereocenters. The van der Waals surface area contributed by atoms with Crippen LogP contribution in [-0.2, 0) is 14.2 Å². The van der Waals surface area contributed by atoms with Crippen molar-refractivity contribution in [1.82, 2.24) is 0 Å². The highest BCUT2D eigenvalue weighted by molar-refractivity contribution is 6.36. The van der Waals surface area contributed by atoms with Gasteiger partial charge >= 0.3 is 6.16 Å². The summed E-state index contributed by atoms with van der Waals surface area (Å²) in [4.78, 5) is 10.9. The maximum absolute atomic E-state index is 10.9. The summed E-state index contributed by atoms with van der Waals surface area (Å²) in [6.45, 7) is 0. The van der Waals surface area contributed by atoms with Gasteiger partial charge in [0.2, 0.25) is 0 Å². The van der Waals surface area contributed by atoms with Crippen molar-refractivity contribution in [3.63, 3.8) is 0 Å². The predicted octanol–water partition coefficient (Wildman–Crippen LogP) is 1.36. The monoisotopic (exact) mass is 222 g/mol. The number of rotatable bonds is 0. The Kier molecular flexibility index (Phi) is 1.20. The third-order valence-electron chi connectivity index (χ3n) is 2.41. The van der Waals surface area contributed by atoms with Crippen molar-refractivity contribution in [2.24, 2.45) is 0 Å². The zero-order chi connectivity index (χ0) is 9.27. The molecule has 13 heavy (non-hydrogen) atoms. The number of hydrogen-bond acceptors (Lipinski definition) is 4. The number of alkyl halides is 2. The average Bonchev–Trinajstić information content (AvgIpc) is 2.59. The number of hydrogen-bond donors (Lipinski definition) is 0. The Bertz CT molecular complexity index is 302. The van der Waals surface area contributed by atoms with Gasteiger partial charge in [-0.05, 0) is 0 Å². The van der Waals surface area contributed by atoms with Gasteiger partial charge in [0.15, 0.2) is 0 Å². The van der Waals surface area contributed by atoms with E-state index in [-0.39, 0.29) is 0 Å². The normalized spacial score (nSPS) is 56.3. The molecule has 4 nitrogen and oxygen atoms in total. The van der Waals surface area contributed by atoms with Crippen molar-refractivity contribution in [3.8, 4) is 0 Å². The lowest BCUT2D eigenvalue weighted by Gasteiger charge is -2.28. The van der Waals surface area contributed by atoms with Crippen LogP contribution in [0, 0.1) is 0 Å². The first-order chi connectivity index (χ1) is 6.06. The fraction of sp³-hybridized carbons (Fsp3) is 0.571. The minimum Gasteiger partial charge on any atom is -0.402 e. The minimum absolute atomic E-state index is 0.525. The summed E-state index contributed by atoms with van der Waals surface area (Å²) in [5.41, 5.74) is 0. The van der Waals surface area contributed by atoms with Gasteiger partial charge in [0.25, 0.3) is 10.1 Å². The van der Waals surface area contributed by atoms with Crippen LogP contribution in [-0.4, -0.2) is 28.5 Å². The Morgan fingerprint density at radius 2 is 1.62 bits per heavy atom. The molecule has 0 aromatic carbocycles. The van der Waals surface area contributed by atoms with E-state index in [4.69, 9.17) is 37.4 Å². The van der Waals surface area contributed by atoms with Gasteiger partial charge in [-0.25, -0.2) is 4.79 Å². The van der Waals surface area contributed by atoms with Crippen LogP contribution in [0.4, 0.5) is 4.79 Å². The first-order valence-electron chi connectivity index (χ1n) is 3.70. The van der Waals surface area contributed by atoms with E-state index in [1.165, 1.54) is 0 Å². The largest absolute Gasteiger partial charge is 0.512 e. The highest BCUT2D eigenvalue weighted by Gasteiger charge is 2.76. The third kappa shape index (κ3) is 0.673. The molecule has 0 spiro atoms. The van der Waals surface area contributed by atoms with E-state index in [0.717, 1.165) is 0 Å². The molecule has 0 amide bonds. The zero-order valence-corrected chi connectivity index (χ0v) is 7.71. The molecular formula is C7H4Cl2O4. The fourth-order valence-electron chi connectivity index (χ4n) is 1.78. The molecule has 3 rings (SSSR count). The van der Waals surface area contributed by atoms with Gasteiger partial charge in [0, 0.05) is 0 Å². The summed E-state index contributed by atoms with van der Waals surface area (Å²) in [6.07, 6.45) is 1.51. The van der Waals surface area contributed by atoms with Gasteiger partial charge < -0.3 is 14.2 Å². The van der Waals surface area contributed by atoms with Crippen molar-refractivity contribution in [3.05, 3.63) is 12.2 Å². The van der Waals surface area contributed by atoms with Crippen LogP contribution in [0.2, 0.25) is 0 Å². The van der Waals surface area contributed by atoms with E-state index >= 15 is 0 Å². The van der Waals surface area contributed by atoms with Gasteiger partial charge in [0.1, 0.15) is 12.2 Å². The topological polar surface area (TPSA) is 44.8 Å². The average molecular weight is 223 g/mol. The van der Waals surface area contributed by atoms with Crippen LogP contribution >= 0.6 is 23.2 Å². The first kappa shape index (κ1) is 7.91. The Hall–Kier alpha value is -0.450. The molecule has 0 N–H and O–H groups in total. The van der Waals surface area contributed by atoms with Crippen LogP contribution in [0.3, 0.4) is 0 Å². The molecule has 3 heterocycles. The second-order valence-electron chi connectivity index (χ2n) is 3.11. The van der Waals surface area contributed by atoms with E-state index in [0.29, 0.717) is 0 Å². The summed E-state index contributed by atoms with van der Waals surface area (Å²) in [7, 11) is 0. The highest BCUT2D eigenvalue weighted by Crippen LogP contribution is 2.57. The number of halogens is 2. The third-order valence-corrected chi connectivity index (χ3v) is 3.66. The lowest BCUT2D eigenvalue weighted by atomic mass is 10.0. The van der Waals surface area contributed by atoms with Gasteiger partial charge in [-0.1, -0.05) is 35.4 Å². The molecule has 0 aromatic heterocycles. The second-order valence-corrected chi connectivity index (χ2v) is 4.23. The number of carbonyl (C=O) groups excluding carboxylic acids is 1. The molecule has 0 unspecified atom stereocenters. The molecule has 6 heteroatoms. The Morgan fingerprint density at radius 1 is 1.15 bits per heavy atom. The smallest absolute Gasteiger partial charge is 0.402 e. The van der Waals surface area contributed by atoms with Crippen LogP contribution in [0.15, 0.2) is 12.2 Å². The summed E-state index contributed by atoms with van der Waals surface area (Å²) < 4.78 is 14.9. The van der Waals surface area contributed by atoms with E-state index in [9.17, 15) is 4.79 Å². The Morgan fingerprint density at radius 3 is 2.08 bits per heavy atom. The molecule has 2 fully saturated rings. The van der Waals surface area contributed by atoms with Crippen molar-refractivity contribution >= 4 is 29.4 Å². The van der Waals surface area contributed by atoms with Crippen molar-refractivity contribution in [1.29, 1.82) is 0 Å². The summed E-state index contributed by atoms with van der Waals surface area (Å²) in [5, 5.41) is -2.82.